The summed E-state index contributed by atoms with van der Waals surface area (Å²) in [4.78, 5) is 72.6. The molecule has 0 saturated heterocycles. The molecule has 0 radical (unpaired) electrons. The summed E-state index contributed by atoms with van der Waals surface area (Å²) in [5, 5.41) is 10.6. The molecule has 93 heavy (non-hydrogen) atoms. The molecule has 0 aromatic heterocycles. The van der Waals surface area contributed by atoms with Crippen LogP contribution in [0.25, 0.3) is 0 Å². The number of phosphoric ester groups is 2. The molecule has 0 amide bonds. The zero-order chi connectivity index (χ0) is 68.9. The third-order valence-corrected chi connectivity index (χ3v) is 19.7. The van der Waals surface area contributed by atoms with Gasteiger partial charge in [0.15, 0.2) is 12.2 Å². The molecule has 0 heterocycles. The Morgan fingerprint density at radius 3 is 0.763 bits per heavy atom. The topological polar surface area (TPSA) is 237 Å². The van der Waals surface area contributed by atoms with Crippen LogP contribution in [0.5, 0.6) is 0 Å². The first kappa shape index (κ1) is 91.1. The van der Waals surface area contributed by atoms with Crippen LogP contribution in [0.1, 0.15) is 370 Å². The highest BCUT2D eigenvalue weighted by molar-refractivity contribution is 7.47. The van der Waals surface area contributed by atoms with E-state index in [1.807, 2.05) is 0 Å². The number of carbonyl (C=O) groups excluding carboxylic acids is 4. The summed E-state index contributed by atoms with van der Waals surface area (Å²) >= 11 is 0. The molecule has 0 fully saturated rings. The van der Waals surface area contributed by atoms with Crippen LogP contribution in [0.15, 0.2) is 0 Å². The number of hydrogen-bond donors (Lipinski definition) is 3. The van der Waals surface area contributed by atoms with E-state index in [1.54, 1.807) is 0 Å². The molecule has 3 N–H and O–H groups in total. The Morgan fingerprint density at radius 1 is 0.301 bits per heavy atom. The third kappa shape index (κ3) is 65.8. The van der Waals surface area contributed by atoms with Gasteiger partial charge >= 0.3 is 39.5 Å². The Bertz CT molecular complexity index is 1840. The second-order valence-corrected chi connectivity index (χ2v) is 31.0. The number of aliphatic hydroxyl groups excluding tert-OH is 1. The Kier molecular flexibility index (Phi) is 62.2. The van der Waals surface area contributed by atoms with Crippen molar-refractivity contribution in [1.29, 1.82) is 0 Å². The van der Waals surface area contributed by atoms with Crippen LogP contribution < -0.4 is 0 Å². The van der Waals surface area contributed by atoms with E-state index in [2.05, 4.69) is 55.4 Å². The second kappa shape index (κ2) is 63.5. The number of carbonyl (C=O) groups is 4. The number of esters is 4. The van der Waals surface area contributed by atoms with Crippen LogP contribution in [0.4, 0.5) is 0 Å². The van der Waals surface area contributed by atoms with Crippen LogP contribution in [0.2, 0.25) is 0 Å². The molecule has 19 heteroatoms. The molecule has 552 valence electrons. The molecule has 0 rings (SSSR count). The smallest absolute Gasteiger partial charge is 0.462 e. The monoisotopic (exact) mass is 1370 g/mol. The standard InChI is InChI=1S/C74H144O17P2/c1-9-66(7)52-44-36-27-23-19-15-11-12-16-21-25-29-40-48-56-73(78)90-69(60-84-71(76)54-46-38-28-24-20-17-13-14-18-22-26-34-42-50-64(3)4)62-88-92(80,81)86-58-68(75)59-87-93(82,83)89-63-70(91-74(79)57-49-41-32-30-35-43-51-65(5)6)61-85-72(77)55-47-39-33-31-37-45-53-67(8)10-2/h64-70,75H,9-63H2,1-8H3,(H,80,81)(H,82,83)/t66?,67?,68-,69-,70-/m1/s1. The van der Waals surface area contributed by atoms with E-state index in [9.17, 15) is 43.2 Å². The van der Waals surface area contributed by atoms with Crippen molar-refractivity contribution in [1.82, 2.24) is 0 Å². The fraction of sp³-hybridized carbons (Fsp3) is 0.946. The van der Waals surface area contributed by atoms with Crippen LogP contribution in [0, 0.1) is 23.7 Å². The summed E-state index contributed by atoms with van der Waals surface area (Å²) in [5.41, 5.74) is 0. The van der Waals surface area contributed by atoms with E-state index in [-0.39, 0.29) is 25.7 Å². The van der Waals surface area contributed by atoms with Gasteiger partial charge in [-0.15, -0.1) is 0 Å². The first-order chi connectivity index (χ1) is 44.7. The number of ether oxygens (including phenoxy) is 4. The van der Waals surface area contributed by atoms with E-state index >= 15 is 0 Å². The zero-order valence-electron chi connectivity index (χ0n) is 60.9. The van der Waals surface area contributed by atoms with Gasteiger partial charge in [-0.1, -0.05) is 319 Å². The normalized spacial score (nSPS) is 14.8. The summed E-state index contributed by atoms with van der Waals surface area (Å²) < 4.78 is 68.4. The van der Waals surface area contributed by atoms with Crippen molar-refractivity contribution in [3.05, 3.63) is 0 Å². The minimum atomic E-state index is -4.96. The largest absolute Gasteiger partial charge is 0.472 e. The minimum Gasteiger partial charge on any atom is -0.462 e. The number of aliphatic hydroxyl groups is 1. The summed E-state index contributed by atoms with van der Waals surface area (Å²) in [6, 6.07) is 0. The van der Waals surface area contributed by atoms with Gasteiger partial charge in [-0.3, -0.25) is 37.3 Å². The molecular formula is C74H144O17P2. The average Bonchev–Trinajstić information content (AvgIpc) is 3.07. The molecule has 0 aliphatic rings. The second-order valence-electron chi connectivity index (χ2n) is 28.1. The molecule has 0 saturated carbocycles. The lowest BCUT2D eigenvalue weighted by Crippen LogP contribution is -2.30. The first-order valence-corrected chi connectivity index (χ1v) is 41.3. The molecular weight excluding hydrogens is 1220 g/mol. The van der Waals surface area contributed by atoms with Crippen LogP contribution in [0.3, 0.4) is 0 Å². The van der Waals surface area contributed by atoms with Crippen LogP contribution in [-0.2, 0) is 65.4 Å². The highest BCUT2D eigenvalue weighted by Crippen LogP contribution is 2.45. The van der Waals surface area contributed by atoms with Crippen molar-refractivity contribution in [3.63, 3.8) is 0 Å². The summed E-state index contributed by atoms with van der Waals surface area (Å²) in [5.74, 6) is 0.908. The average molecular weight is 1370 g/mol. The van der Waals surface area contributed by atoms with E-state index in [0.29, 0.717) is 31.6 Å². The predicted octanol–water partition coefficient (Wildman–Crippen LogP) is 21.3. The van der Waals surface area contributed by atoms with Gasteiger partial charge in [0, 0.05) is 25.7 Å². The van der Waals surface area contributed by atoms with Gasteiger partial charge in [-0.25, -0.2) is 9.13 Å². The maximum Gasteiger partial charge on any atom is 0.472 e. The van der Waals surface area contributed by atoms with Gasteiger partial charge in [-0.2, -0.15) is 0 Å². The number of hydrogen-bond acceptors (Lipinski definition) is 15. The van der Waals surface area contributed by atoms with E-state index in [1.165, 1.54) is 167 Å². The van der Waals surface area contributed by atoms with Crippen molar-refractivity contribution in [3.8, 4) is 0 Å². The molecule has 0 aromatic rings. The summed E-state index contributed by atoms with van der Waals surface area (Å²) in [6.07, 6.45) is 47.4. The quantitative estimate of drug-likeness (QED) is 0.0222. The molecule has 17 nitrogen and oxygen atoms in total. The Labute approximate surface area is 568 Å². The highest BCUT2D eigenvalue weighted by Gasteiger charge is 2.30. The van der Waals surface area contributed by atoms with E-state index in [4.69, 9.17) is 37.0 Å². The molecule has 4 unspecified atom stereocenters. The van der Waals surface area contributed by atoms with E-state index in [0.717, 1.165) is 114 Å². The third-order valence-electron chi connectivity index (χ3n) is 17.8. The lowest BCUT2D eigenvalue weighted by molar-refractivity contribution is -0.161. The van der Waals surface area contributed by atoms with E-state index < -0.39 is 97.5 Å². The van der Waals surface area contributed by atoms with Crippen LogP contribution >= 0.6 is 15.6 Å². The van der Waals surface area contributed by atoms with Gasteiger partial charge in [0.2, 0.25) is 0 Å². The van der Waals surface area contributed by atoms with Gasteiger partial charge in [-0.05, 0) is 49.4 Å². The lowest BCUT2D eigenvalue weighted by atomic mass is 9.99. The highest BCUT2D eigenvalue weighted by atomic mass is 31.2. The molecule has 7 atom stereocenters. The molecule has 0 aromatic carbocycles. The van der Waals surface area contributed by atoms with Gasteiger partial charge in [0.05, 0.1) is 26.4 Å². The van der Waals surface area contributed by atoms with Gasteiger partial charge < -0.3 is 33.8 Å². The fourth-order valence-electron chi connectivity index (χ4n) is 11.1. The van der Waals surface area contributed by atoms with Crippen LogP contribution in [-0.4, -0.2) is 96.7 Å². The summed E-state index contributed by atoms with van der Waals surface area (Å²) in [6.45, 7) is 14.1. The maximum atomic E-state index is 13.1. The number of rotatable bonds is 71. The van der Waals surface area contributed by atoms with Crippen molar-refractivity contribution in [2.75, 3.05) is 39.6 Å². The molecule has 0 spiro atoms. The molecule has 0 aliphatic carbocycles. The lowest BCUT2D eigenvalue weighted by Gasteiger charge is -2.21. The molecule has 0 aliphatic heterocycles. The summed E-state index contributed by atoms with van der Waals surface area (Å²) in [7, 11) is -9.91. The van der Waals surface area contributed by atoms with Gasteiger partial charge in [0.1, 0.15) is 19.3 Å². The zero-order valence-corrected chi connectivity index (χ0v) is 62.7. The van der Waals surface area contributed by atoms with Crippen molar-refractivity contribution in [2.24, 2.45) is 23.7 Å². The minimum absolute atomic E-state index is 0.101. The SMILES string of the molecule is CCC(C)CCCCCCCCCCCCCCCCC(=O)O[C@H](COC(=O)CCCCCCCCCCCCCCCC(C)C)COP(=O)(O)OC[C@@H](O)COP(=O)(O)OC[C@@H](COC(=O)CCCCCCCCC(C)CC)OC(=O)CCCCCCCCC(C)C. The Morgan fingerprint density at radius 2 is 0.516 bits per heavy atom. The number of unbranched alkanes of at least 4 members (excludes halogenated alkanes) is 35. The van der Waals surface area contributed by atoms with Gasteiger partial charge in [0.25, 0.3) is 0 Å². The first-order valence-electron chi connectivity index (χ1n) is 38.3. The Balaban J connectivity index is 5.23. The molecule has 0 bridgehead atoms. The van der Waals surface area contributed by atoms with Crippen molar-refractivity contribution >= 4 is 39.5 Å². The maximum absolute atomic E-state index is 13.1. The number of phosphoric acid groups is 2. The van der Waals surface area contributed by atoms with Crippen molar-refractivity contribution in [2.45, 2.75) is 388 Å². The Hall–Kier alpha value is -1.94. The predicted molar refractivity (Wildman–Crippen MR) is 377 cm³/mol. The van der Waals surface area contributed by atoms with Crippen molar-refractivity contribution < 1.29 is 80.2 Å². The fourth-order valence-corrected chi connectivity index (χ4v) is 12.7.